The number of alkyl halides is 3. The first-order chi connectivity index (χ1) is 27.5. The minimum absolute atomic E-state index is 0. The highest BCUT2D eigenvalue weighted by atomic mass is 35.5. The van der Waals surface area contributed by atoms with Crippen molar-refractivity contribution in [3.05, 3.63) is 71.5 Å². The number of thiocarbonyl (C=S) groups is 1. The first kappa shape index (κ1) is 44.8. The predicted octanol–water partition coefficient (Wildman–Crippen LogP) is 6.60. The van der Waals surface area contributed by atoms with Gasteiger partial charge in [-0.05, 0) is 132 Å². The van der Waals surface area contributed by atoms with Crippen molar-refractivity contribution in [2.75, 3.05) is 40.1 Å². The van der Waals surface area contributed by atoms with E-state index < -0.39 is 34.9 Å². The summed E-state index contributed by atoms with van der Waals surface area (Å²) in [4.78, 5) is 59.0. The highest BCUT2D eigenvalue weighted by Crippen LogP contribution is 2.40. The molecule has 18 heteroatoms. The summed E-state index contributed by atoms with van der Waals surface area (Å²) in [6.45, 7) is 9.12. The van der Waals surface area contributed by atoms with E-state index in [1.165, 1.54) is 6.07 Å². The van der Waals surface area contributed by atoms with Crippen LogP contribution in [-0.4, -0.2) is 75.9 Å². The lowest BCUT2D eigenvalue weighted by Crippen LogP contribution is -2.47. The molecule has 0 aliphatic carbocycles. The highest BCUT2D eigenvalue weighted by Gasteiger charge is 2.51. The highest BCUT2D eigenvalue weighted by molar-refractivity contribution is 7.81. The molecule has 2 atom stereocenters. The molecule has 4 amide bonds. The number of ether oxygens (including phenoxy) is 1. The van der Waals surface area contributed by atoms with E-state index in [-0.39, 0.29) is 53.4 Å². The molecule has 3 N–H and O–H groups in total. The van der Waals surface area contributed by atoms with Crippen LogP contribution in [0.2, 0.25) is 0 Å². The van der Waals surface area contributed by atoms with E-state index in [0.717, 1.165) is 55.1 Å². The summed E-state index contributed by atoms with van der Waals surface area (Å²) in [5.74, 6) is -0.234. The topological polar surface area (TPSA) is 160 Å². The summed E-state index contributed by atoms with van der Waals surface area (Å²) in [6.07, 6.45) is 0.0740. The van der Waals surface area contributed by atoms with Crippen molar-refractivity contribution in [1.82, 2.24) is 15.2 Å². The monoisotopic (exact) mass is 854 g/mol. The Balaban J connectivity index is 0.00000661. The zero-order chi connectivity index (χ0) is 41.9. The normalized spacial score (nSPS) is 19.1. The first-order valence-corrected chi connectivity index (χ1v) is 19.6. The zero-order valence-corrected chi connectivity index (χ0v) is 34.7. The molecule has 59 heavy (non-hydrogen) atoms. The van der Waals surface area contributed by atoms with Gasteiger partial charge in [0.25, 0.3) is 5.91 Å². The maximum absolute atomic E-state index is 13.7. The van der Waals surface area contributed by atoms with Crippen LogP contribution in [0, 0.1) is 17.2 Å². The van der Waals surface area contributed by atoms with Crippen LogP contribution in [0.5, 0.6) is 5.75 Å². The average molecular weight is 855 g/mol. The minimum Gasteiger partial charge on any atom is -0.493 e. The van der Waals surface area contributed by atoms with Crippen LogP contribution in [-0.2, 0) is 31.8 Å². The number of nitrogens with one attached hydrogen (secondary N) is 3. The van der Waals surface area contributed by atoms with Gasteiger partial charge in [0.05, 0.1) is 30.1 Å². The third-order valence-electron chi connectivity index (χ3n) is 11.0. The van der Waals surface area contributed by atoms with Gasteiger partial charge < -0.3 is 20.3 Å². The summed E-state index contributed by atoms with van der Waals surface area (Å²) in [5, 5.41) is 17.6. The number of benzene rings is 2. The lowest BCUT2D eigenvalue weighted by molar-refractivity contribution is -0.138. The number of anilines is 4. The first-order valence-electron chi connectivity index (χ1n) is 19.2. The number of likely N-dealkylation sites (tertiary alicyclic amines) is 1. The molecule has 0 bridgehead atoms. The summed E-state index contributed by atoms with van der Waals surface area (Å²) in [6, 6.07) is 13.9. The van der Waals surface area contributed by atoms with Crippen LogP contribution in [0.15, 0.2) is 54.7 Å². The molecular formula is C41H46ClF3N8O5S. The molecule has 3 saturated heterocycles. The number of imide groups is 1. The number of pyridine rings is 1. The van der Waals surface area contributed by atoms with Crippen LogP contribution in [0.25, 0.3) is 0 Å². The van der Waals surface area contributed by atoms with Gasteiger partial charge >= 0.3 is 6.18 Å². The third-order valence-corrected chi connectivity index (χ3v) is 11.3. The Morgan fingerprint density at radius 3 is 2.46 bits per heavy atom. The molecule has 3 aromatic rings. The van der Waals surface area contributed by atoms with Crippen molar-refractivity contribution < 1.29 is 37.1 Å². The second-order valence-corrected chi connectivity index (χ2v) is 15.5. The van der Waals surface area contributed by atoms with E-state index in [0.29, 0.717) is 48.2 Å². The summed E-state index contributed by atoms with van der Waals surface area (Å²) in [5.41, 5.74) is -0.752. The Morgan fingerprint density at radius 2 is 1.80 bits per heavy atom. The molecule has 314 valence electrons. The quantitative estimate of drug-likeness (QED) is 0.133. The van der Waals surface area contributed by atoms with Gasteiger partial charge in [-0.25, -0.2) is 4.98 Å². The van der Waals surface area contributed by atoms with E-state index in [2.05, 4.69) is 25.8 Å². The smallest absolute Gasteiger partial charge is 0.419 e. The number of piperidine rings is 2. The number of carbonyl (C=O) groups excluding carboxylic acids is 4. The van der Waals surface area contributed by atoms with Gasteiger partial charge in [-0.15, -0.1) is 12.4 Å². The number of halogens is 4. The molecule has 1 unspecified atom stereocenters. The van der Waals surface area contributed by atoms with Gasteiger partial charge in [0.15, 0.2) is 10.8 Å². The van der Waals surface area contributed by atoms with Crippen LogP contribution >= 0.6 is 24.6 Å². The number of hydrogen-bond donors (Lipinski definition) is 3. The van der Waals surface area contributed by atoms with E-state index in [1.807, 2.05) is 26.0 Å². The summed E-state index contributed by atoms with van der Waals surface area (Å²) < 4.78 is 47.5. The van der Waals surface area contributed by atoms with Gasteiger partial charge in [-0.1, -0.05) is 13.0 Å². The van der Waals surface area contributed by atoms with Crippen molar-refractivity contribution in [2.24, 2.45) is 5.92 Å². The second kappa shape index (κ2) is 18.3. The van der Waals surface area contributed by atoms with Crippen LogP contribution in [0.4, 0.5) is 35.9 Å². The van der Waals surface area contributed by atoms with Gasteiger partial charge in [-0.3, -0.25) is 34.3 Å². The maximum Gasteiger partial charge on any atom is 0.419 e. The van der Waals surface area contributed by atoms with Gasteiger partial charge in [-0.2, -0.15) is 18.4 Å². The Hall–Kier alpha value is -5.31. The summed E-state index contributed by atoms with van der Waals surface area (Å²) in [7, 11) is 0. The van der Waals surface area contributed by atoms with Gasteiger partial charge in [0, 0.05) is 23.5 Å². The molecule has 6 rings (SSSR count). The number of rotatable bonds is 12. The Kier molecular flexibility index (Phi) is 13.9. The number of carbonyl (C=O) groups is 4. The van der Waals surface area contributed by atoms with Crippen LogP contribution in [0.3, 0.4) is 0 Å². The maximum atomic E-state index is 13.7. The zero-order valence-electron chi connectivity index (χ0n) is 33.0. The molecule has 0 radical (unpaired) electrons. The molecule has 3 aliphatic heterocycles. The van der Waals surface area contributed by atoms with Crippen LogP contribution < -0.4 is 30.5 Å². The molecule has 3 fully saturated rings. The number of amides is 4. The van der Waals surface area contributed by atoms with Crippen molar-refractivity contribution in [3.8, 4) is 11.8 Å². The van der Waals surface area contributed by atoms with Crippen molar-refractivity contribution in [3.63, 3.8) is 0 Å². The molecule has 13 nitrogen and oxygen atoms in total. The van der Waals surface area contributed by atoms with Crippen molar-refractivity contribution >= 4 is 76.1 Å². The fourth-order valence-corrected chi connectivity index (χ4v) is 8.08. The Labute approximate surface area is 352 Å². The van der Waals surface area contributed by atoms with Gasteiger partial charge in [0.1, 0.15) is 23.4 Å². The van der Waals surface area contributed by atoms with E-state index >= 15 is 0 Å². The molecule has 1 aromatic heterocycles. The fraction of sp³-hybridized carbons (Fsp3) is 0.439. The molecule has 4 heterocycles. The molecule has 0 saturated carbocycles. The number of nitriles is 1. The SMILES string of the molecule is CCc1cc(N2C(=S)N(c3cnc(C#N)c(C(F)(F)F)c3)C(=O)C2(C)C)ccc1OCCC1CCN(C(C)C(=O)Nc2cccc(N[C@H]3CCC(=O)NC3=O)c2)CC1.Cl. The predicted molar refractivity (Wildman–Crippen MR) is 222 cm³/mol. The Morgan fingerprint density at radius 1 is 1.08 bits per heavy atom. The fourth-order valence-electron chi connectivity index (χ4n) is 7.56. The lowest BCUT2D eigenvalue weighted by atomic mass is 9.93. The van der Waals surface area contributed by atoms with Gasteiger partial charge in [0.2, 0.25) is 17.7 Å². The third kappa shape index (κ3) is 9.77. The van der Waals surface area contributed by atoms with Crippen molar-refractivity contribution in [2.45, 2.75) is 90.0 Å². The number of nitrogens with zero attached hydrogens (tertiary/aromatic N) is 5. The lowest BCUT2D eigenvalue weighted by Gasteiger charge is -2.35. The van der Waals surface area contributed by atoms with E-state index in [1.54, 1.807) is 49.1 Å². The molecule has 0 spiro atoms. The Bertz CT molecular complexity index is 2160. The number of hydrogen-bond acceptors (Lipinski definition) is 10. The minimum atomic E-state index is -4.86. The van der Waals surface area contributed by atoms with E-state index in [9.17, 15) is 37.6 Å². The van der Waals surface area contributed by atoms with Crippen molar-refractivity contribution in [1.29, 1.82) is 5.26 Å². The molecule has 3 aliphatic rings. The van der Waals surface area contributed by atoms with E-state index in [4.69, 9.17) is 17.0 Å². The molecular weight excluding hydrogens is 809 g/mol. The van der Waals surface area contributed by atoms with Crippen LogP contribution in [0.1, 0.15) is 76.6 Å². The molecule has 2 aromatic carbocycles. The summed E-state index contributed by atoms with van der Waals surface area (Å²) >= 11 is 5.69. The standard InChI is InChI=1S/C41H45F3N8O5S.ClH/c1-5-26-19-29(52-39(58)51(38(56)40(52,3)4)30-21-31(41(42,43)44)33(22-45)46-23-30)9-11-34(26)57-18-15-25-13-16-50(17-14-25)24(2)36(54)48-28-8-6-7-27(20-28)47-32-10-12-35(53)49-37(32)55;/h6-9,11,19-21,23-25,32,47H,5,10,12-18H2,1-4H3,(H,48,54)(H,49,53,55);1H/t24?,32-;/m0./s1. The number of aryl methyl sites for hydroxylation is 1. The average Bonchev–Trinajstić information content (AvgIpc) is 3.37. The number of aromatic nitrogens is 1. The largest absolute Gasteiger partial charge is 0.493 e. The second-order valence-electron chi connectivity index (χ2n) is 15.2.